The molecule has 2 aliphatic rings. The Labute approximate surface area is 109 Å². The van der Waals surface area contributed by atoms with Gasteiger partial charge in [-0.2, -0.15) is 0 Å². The van der Waals surface area contributed by atoms with Crippen LogP contribution >= 0.6 is 0 Å². The summed E-state index contributed by atoms with van der Waals surface area (Å²) in [6.45, 7) is 0. The standard InChI is InChI=1S/C14H13N3O2/c1-17(2)8-3-4-10-13(5-8)19-14-7-12(18)9(15)6-11(14)16-10/h3-7H,15H2,1-2H3. The van der Waals surface area contributed by atoms with Gasteiger partial charge in [-0.15, -0.1) is 0 Å². The first-order valence-electron chi connectivity index (χ1n) is 5.86. The monoisotopic (exact) mass is 255 g/mol. The number of hydrogen-bond donors (Lipinski definition) is 1. The Balaban J connectivity index is 2.33. The Morgan fingerprint density at radius 2 is 2.00 bits per heavy atom. The normalized spacial score (nSPS) is 11.1. The van der Waals surface area contributed by atoms with E-state index >= 15 is 0 Å². The second-order valence-electron chi connectivity index (χ2n) is 4.62. The van der Waals surface area contributed by atoms with Gasteiger partial charge < -0.3 is 15.1 Å². The molecule has 0 saturated heterocycles. The highest BCUT2D eigenvalue weighted by atomic mass is 16.3. The fourth-order valence-corrected chi connectivity index (χ4v) is 1.94. The van der Waals surface area contributed by atoms with Crippen molar-refractivity contribution >= 4 is 22.5 Å². The van der Waals surface area contributed by atoms with E-state index < -0.39 is 0 Å². The van der Waals surface area contributed by atoms with Gasteiger partial charge in [-0.05, 0) is 18.2 Å². The largest absolute Gasteiger partial charge is 0.453 e. The third-order valence-corrected chi connectivity index (χ3v) is 3.01. The Morgan fingerprint density at radius 3 is 2.74 bits per heavy atom. The lowest BCUT2D eigenvalue weighted by Gasteiger charge is -2.13. The molecule has 1 aliphatic carbocycles. The van der Waals surface area contributed by atoms with E-state index in [4.69, 9.17) is 10.2 Å². The molecule has 0 saturated carbocycles. The number of nitrogens with two attached hydrogens (primary N) is 1. The van der Waals surface area contributed by atoms with E-state index in [-0.39, 0.29) is 11.1 Å². The van der Waals surface area contributed by atoms with E-state index in [1.165, 1.54) is 6.07 Å². The molecule has 0 atom stereocenters. The van der Waals surface area contributed by atoms with Crippen molar-refractivity contribution in [3.63, 3.8) is 0 Å². The molecule has 1 aliphatic heterocycles. The summed E-state index contributed by atoms with van der Waals surface area (Å²) < 4.78 is 5.73. The van der Waals surface area contributed by atoms with E-state index in [2.05, 4.69) is 4.98 Å². The van der Waals surface area contributed by atoms with Crippen LogP contribution in [0, 0.1) is 0 Å². The lowest BCUT2D eigenvalue weighted by atomic mass is 10.2. The van der Waals surface area contributed by atoms with E-state index in [1.807, 2.05) is 37.2 Å². The first kappa shape index (κ1) is 11.5. The van der Waals surface area contributed by atoms with Crippen molar-refractivity contribution in [3.8, 4) is 11.5 Å². The highest BCUT2D eigenvalue weighted by Crippen LogP contribution is 2.27. The van der Waals surface area contributed by atoms with Gasteiger partial charge in [0.1, 0.15) is 11.2 Å². The first-order chi connectivity index (χ1) is 9.04. The predicted octanol–water partition coefficient (Wildman–Crippen LogP) is 1.94. The average molecular weight is 255 g/mol. The zero-order chi connectivity index (χ0) is 13.6. The number of benzene rings is 2. The molecule has 1 aromatic carbocycles. The molecule has 0 bridgehead atoms. The Kier molecular flexibility index (Phi) is 2.41. The number of hydrogen-bond acceptors (Lipinski definition) is 5. The van der Waals surface area contributed by atoms with E-state index in [1.54, 1.807) is 6.07 Å². The Bertz CT molecular complexity index is 792. The molecule has 2 N–H and O–H groups in total. The van der Waals surface area contributed by atoms with Crippen molar-refractivity contribution in [1.82, 2.24) is 4.98 Å². The molecule has 0 amide bonds. The van der Waals surface area contributed by atoms with Crippen LogP contribution in [-0.4, -0.2) is 19.1 Å². The van der Waals surface area contributed by atoms with Crippen molar-refractivity contribution < 1.29 is 4.42 Å². The first-order valence-corrected chi connectivity index (χ1v) is 5.86. The molecular weight excluding hydrogens is 242 g/mol. The summed E-state index contributed by atoms with van der Waals surface area (Å²) in [5.74, 6) is 0.447. The third kappa shape index (κ3) is 1.89. The second-order valence-corrected chi connectivity index (χ2v) is 4.62. The van der Waals surface area contributed by atoms with Gasteiger partial charge in [-0.25, -0.2) is 4.98 Å². The number of fused-ring (bicyclic) bond motifs is 2. The summed E-state index contributed by atoms with van der Waals surface area (Å²) in [6, 6.07) is 8.65. The molecule has 1 aromatic rings. The van der Waals surface area contributed by atoms with Gasteiger partial charge in [0.25, 0.3) is 0 Å². The molecule has 96 valence electrons. The van der Waals surface area contributed by atoms with Gasteiger partial charge in [0.15, 0.2) is 11.3 Å². The summed E-state index contributed by atoms with van der Waals surface area (Å²) in [5.41, 5.74) is 8.49. The maximum atomic E-state index is 11.5. The Hall–Kier alpha value is -2.56. The molecule has 0 aromatic heterocycles. The van der Waals surface area contributed by atoms with Gasteiger partial charge in [-0.1, -0.05) is 0 Å². The van der Waals surface area contributed by atoms with Crippen molar-refractivity contribution in [2.24, 2.45) is 0 Å². The maximum Gasteiger partial charge on any atom is 0.205 e. The molecule has 0 unspecified atom stereocenters. The van der Waals surface area contributed by atoms with Crippen LogP contribution in [0.2, 0.25) is 0 Å². The summed E-state index contributed by atoms with van der Waals surface area (Å²) in [4.78, 5) is 17.9. The Morgan fingerprint density at radius 1 is 1.21 bits per heavy atom. The number of anilines is 2. The van der Waals surface area contributed by atoms with Crippen molar-refractivity contribution in [1.29, 1.82) is 0 Å². The molecule has 19 heavy (non-hydrogen) atoms. The van der Waals surface area contributed by atoms with Crippen molar-refractivity contribution in [2.75, 3.05) is 24.7 Å². The molecule has 5 nitrogen and oxygen atoms in total. The number of aromatic nitrogens is 1. The summed E-state index contributed by atoms with van der Waals surface area (Å²) in [6.07, 6.45) is 0. The fraction of sp³-hybridized carbons (Fsp3) is 0.143. The minimum absolute atomic E-state index is 0.180. The highest BCUT2D eigenvalue weighted by Gasteiger charge is 2.12. The molecule has 3 rings (SSSR count). The van der Waals surface area contributed by atoms with E-state index in [9.17, 15) is 4.79 Å². The average Bonchev–Trinajstić information content (AvgIpc) is 2.37. The van der Waals surface area contributed by atoms with Gasteiger partial charge in [0.2, 0.25) is 5.43 Å². The predicted molar refractivity (Wildman–Crippen MR) is 75.6 cm³/mol. The highest BCUT2D eigenvalue weighted by molar-refractivity contribution is 5.80. The van der Waals surface area contributed by atoms with Gasteiger partial charge in [0.05, 0.1) is 5.69 Å². The summed E-state index contributed by atoms with van der Waals surface area (Å²) >= 11 is 0. The minimum atomic E-state index is -0.249. The quantitative estimate of drug-likeness (QED) is 0.531. The zero-order valence-electron chi connectivity index (χ0n) is 10.7. The van der Waals surface area contributed by atoms with E-state index in [0.717, 1.165) is 11.2 Å². The zero-order valence-corrected chi connectivity index (χ0v) is 10.7. The third-order valence-electron chi connectivity index (χ3n) is 3.01. The van der Waals surface area contributed by atoms with Gasteiger partial charge >= 0.3 is 0 Å². The van der Waals surface area contributed by atoms with E-state index in [0.29, 0.717) is 17.0 Å². The molecular formula is C14H13N3O2. The van der Waals surface area contributed by atoms with Crippen LogP contribution in [0.5, 0.6) is 0 Å². The maximum absolute atomic E-state index is 11.5. The molecule has 0 radical (unpaired) electrons. The van der Waals surface area contributed by atoms with Crippen LogP contribution in [0.15, 0.2) is 39.5 Å². The smallest absolute Gasteiger partial charge is 0.205 e. The lowest BCUT2D eigenvalue weighted by Crippen LogP contribution is -2.09. The van der Waals surface area contributed by atoms with Crippen LogP contribution in [0.4, 0.5) is 11.4 Å². The number of rotatable bonds is 1. The van der Waals surface area contributed by atoms with Crippen molar-refractivity contribution in [3.05, 3.63) is 40.6 Å². The molecule has 0 spiro atoms. The lowest BCUT2D eigenvalue weighted by molar-refractivity contribution is 0.612. The molecule has 1 heterocycles. The van der Waals surface area contributed by atoms with Gasteiger partial charge in [0, 0.05) is 31.9 Å². The van der Waals surface area contributed by atoms with Gasteiger partial charge in [-0.3, -0.25) is 4.79 Å². The van der Waals surface area contributed by atoms with Crippen LogP contribution in [0.1, 0.15) is 0 Å². The fourth-order valence-electron chi connectivity index (χ4n) is 1.94. The molecule has 5 heteroatoms. The van der Waals surface area contributed by atoms with Crippen LogP contribution in [0.25, 0.3) is 22.6 Å². The minimum Gasteiger partial charge on any atom is -0.453 e. The number of nitrogen functional groups attached to an aromatic ring is 1. The van der Waals surface area contributed by atoms with Crippen LogP contribution < -0.4 is 16.1 Å². The second kappa shape index (κ2) is 3.98. The summed E-state index contributed by atoms with van der Waals surface area (Å²) in [7, 11) is 3.90. The SMILES string of the molecule is CN(C)c1ccc2nc3cc(N)c(=O)cc-3oc2c1. The summed E-state index contributed by atoms with van der Waals surface area (Å²) in [5, 5.41) is 0. The van der Waals surface area contributed by atoms with Crippen LogP contribution in [0.3, 0.4) is 0 Å². The number of nitrogens with zero attached hydrogens (tertiary/aromatic N) is 2. The van der Waals surface area contributed by atoms with Crippen molar-refractivity contribution in [2.45, 2.75) is 0 Å². The van der Waals surface area contributed by atoms with Crippen LogP contribution in [-0.2, 0) is 0 Å². The molecule has 0 fully saturated rings. The topological polar surface area (TPSA) is 72.4 Å².